The van der Waals surface area contributed by atoms with Crippen LogP contribution in [0.1, 0.15) is 0 Å². The Morgan fingerprint density at radius 1 is 1.50 bits per heavy atom. The lowest BCUT2D eigenvalue weighted by Crippen LogP contribution is -1.60. The topological polar surface area (TPSA) is 0 Å². The van der Waals surface area contributed by atoms with Crippen LogP contribution in [0.5, 0.6) is 0 Å². The van der Waals surface area contributed by atoms with Crippen molar-refractivity contribution in [3.63, 3.8) is 0 Å². The van der Waals surface area contributed by atoms with E-state index in [-0.39, 0.29) is 2.41 Å². The Bertz CT molecular complexity index is 10.8. The fourth-order valence-electron chi connectivity index (χ4n) is 0. The summed E-state index contributed by atoms with van der Waals surface area (Å²) >= 11 is 8.15. The Morgan fingerprint density at radius 3 is 1.50 bits per heavy atom. The zero-order valence-corrected chi connectivity index (χ0v) is 8.77. The molecule has 0 aromatic heterocycles. The van der Waals surface area contributed by atoms with Crippen LogP contribution in [0, 0.1) is 0 Å². The van der Waals surface area contributed by atoms with Gasteiger partial charge in [0.15, 0.2) is 0 Å². The van der Waals surface area contributed by atoms with E-state index >= 15 is 0 Å². The number of hydrogen-bond acceptors (Lipinski definition) is 0. The smallest absolute Gasteiger partial charge is 0.103 e. The summed E-state index contributed by atoms with van der Waals surface area (Å²) in [5, 5.41) is 0. The van der Waals surface area contributed by atoms with Gasteiger partial charge in [0.2, 0.25) is 2.41 Å². The molecule has 0 radical (unpaired) electrons. The van der Waals surface area contributed by atoms with Crippen LogP contribution < -0.4 is 0 Å². The Hall–Kier alpha value is 2.16. The summed E-state index contributed by atoms with van der Waals surface area (Å²) in [5.74, 6) is 0. The summed E-state index contributed by atoms with van der Waals surface area (Å²) in [6, 6.07) is 0. The largest absolute Gasteiger partial charge is 0.244 e. The van der Waals surface area contributed by atoms with Gasteiger partial charge in [-0.1, -0.05) is 43.6 Å². The van der Waals surface area contributed by atoms with E-state index < -0.39 is 0 Å². The van der Waals surface area contributed by atoms with Gasteiger partial charge in [-0.2, -0.15) is 0 Å². The summed E-state index contributed by atoms with van der Waals surface area (Å²) in [7, 11) is 0. The van der Waals surface area contributed by atoms with Crippen molar-refractivity contribution >= 4 is 61.3 Å². The molecule has 26 valence electrons. The van der Waals surface area contributed by atoms with Crippen molar-refractivity contribution in [3.8, 4) is 0 Å². The quantitative estimate of drug-likeness (QED) is 0.351. The first-order valence-corrected chi connectivity index (χ1v) is 12.2. The van der Waals surface area contributed by atoms with Crippen molar-refractivity contribution in [1.82, 2.24) is 0 Å². The van der Waals surface area contributed by atoms with Gasteiger partial charge in [-0.15, -0.1) is 15.3 Å². The van der Waals surface area contributed by atoms with Crippen LogP contribution in [-0.2, 0) is 0 Å². The van der Waals surface area contributed by atoms with E-state index in [4.69, 9.17) is 0 Å². The van der Waals surface area contributed by atoms with E-state index in [0.717, 1.165) is 0 Å². The van der Waals surface area contributed by atoms with Gasteiger partial charge in [0.25, 0.3) is 0 Å². The Morgan fingerprint density at radius 2 is 1.50 bits per heavy atom. The molecular weight excluding hydrogens is 362 g/mol. The zero-order chi connectivity index (χ0) is 3.58. The molecule has 0 aliphatic heterocycles. The fourth-order valence-corrected chi connectivity index (χ4v) is 0. The first-order chi connectivity index (χ1) is 1.73. The predicted octanol–water partition coefficient (Wildman–Crippen LogP) is 1.97. The van der Waals surface area contributed by atoms with Crippen LogP contribution in [0.4, 0.5) is 0 Å². The molecule has 0 fully saturated rings. The lowest BCUT2D eigenvalue weighted by atomic mass is 28.0. The van der Waals surface area contributed by atoms with Crippen molar-refractivity contribution in [1.29, 1.82) is 0 Å². The second-order valence-corrected chi connectivity index (χ2v) is 28.4. The van der Waals surface area contributed by atoms with E-state index in [2.05, 4.69) is 58.9 Å². The zero-order valence-electron chi connectivity index (χ0n) is 1.71. The predicted molar refractivity (Wildman–Crippen MR) is 44.1 cm³/mol. The molecule has 0 saturated carbocycles. The van der Waals surface area contributed by atoms with Gasteiger partial charge in [0.1, 0.15) is 0 Å². The van der Waals surface area contributed by atoms with Gasteiger partial charge in [0.05, 0.1) is 0 Å². The number of rotatable bonds is 0. The average Bonchev–Trinajstić information content (AvgIpc) is 0.811. The first-order valence-electron chi connectivity index (χ1n) is 0.655. The molecule has 0 nitrogen and oxygen atoms in total. The molecule has 4 heavy (non-hydrogen) atoms. The summed E-state index contributed by atoms with van der Waals surface area (Å²) in [6.45, 7) is 0. The molecule has 0 saturated heterocycles. The third-order valence-electron chi connectivity index (χ3n) is 0. The molecule has 0 heterocycles. The second-order valence-electron chi connectivity index (χ2n) is 0.247. The molecule has 0 atom stereocenters. The van der Waals surface area contributed by atoms with Crippen LogP contribution in [-0.4, -0.2) is 2.41 Å². The Kier molecular flexibility index (Phi) is 5.16. The maximum Gasteiger partial charge on any atom is 0.244 e. The van der Waals surface area contributed by atoms with Gasteiger partial charge in [0, 0.05) is 0 Å². The van der Waals surface area contributed by atoms with Crippen molar-refractivity contribution in [3.05, 3.63) is 0 Å². The van der Waals surface area contributed by atoms with Gasteiger partial charge < -0.3 is 0 Å². The Balaban J connectivity index is 2.32. The monoisotopic (exact) mass is 362 g/mol. The first kappa shape index (κ1) is 6.16. The van der Waals surface area contributed by atoms with Crippen molar-refractivity contribution in [2.75, 3.05) is 0 Å². The summed E-state index contributed by atoms with van der Waals surface area (Å²) in [5.41, 5.74) is 0. The minimum atomic E-state index is -0.386. The van der Waals surface area contributed by atoms with Crippen molar-refractivity contribution < 1.29 is 0 Å². The minimum absolute atomic E-state index is 0.386. The molecule has 0 aliphatic rings. The molecule has 0 aromatic carbocycles. The maximum atomic E-state index is 3.38. The number of halogens is 3. The van der Waals surface area contributed by atoms with Gasteiger partial charge in [-0.05, 0) is 0 Å². The maximum absolute atomic E-state index is 3.38. The molecule has 0 amide bonds. The van der Waals surface area contributed by atoms with E-state index in [1.807, 2.05) is 0 Å². The molecule has 0 unspecified atom stereocenters. The highest BCUT2D eigenvalue weighted by atomic mass is 127. The molecule has 0 rings (SSSR count). The van der Waals surface area contributed by atoms with Crippen LogP contribution >= 0.6 is 58.9 Å². The van der Waals surface area contributed by atoms with Crippen LogP contribution in [0.15, 0.2) is 0 Å². The standard InChI is InChI=1S/BrHI2Si/c1-4(2)3/h4H. The Labute approximate surface area is 60.3 Å². The third kappa shape index (κ3) is 8.90. The summed E-state index contributed by atoms with van der Waals surface area (Å²) in [4.78, 5) is 0. The minimum Gasteiger partial charge on any atom is -0.103 e. The average molecular weight is 363 g/mol. The van der Waals surface area contributed by atoms with E-state index in [0.29, 0.717) is 0 Å². The molecule has 4 heteroatoms. The van der Waals surface area contributed by atoms with Crippen molar-refractivity contribution in [2.24, 2.45) is 0 Å². The molecule has 0 bridgehead atoms. The van der Waals surface area contributed by atoms with Gasteiger partial charge in [-0.25, -0.2) is 0 Å². The highest BCUT2D eigenvalue weighted by Gasteiger charge is 1.81. The number of hydrogen-bond donors (Lipinski definition) is 0. The highest BCUT2D eigenvalue weighted by Crippen LogP contribution is 2.09. The van der Waals surface area contributed by atoms with Gasteiger partial charge >= 0.3 is 0 Å². The van der Waals surface area contributed by atoms with Crippen molar-refractivity contribution in [2.45, 2.75) is 0 Å². The summed E-state index contributed by atoms with van der Waals surface area (Å²) in [6.07, 6.45) is 0. The lowest BCUT2D eigenvalue weighted by Gasteiger charge is -1.67. The third-order valence-corrected chi connectivity index (χ3v) is 0. The van der Waals surface area contributed by atoms with E-state index in [1.54, 1.807) is 0 Å². The highest BCUT2D eigenvalue weighted by molar-refractivity contribution is 14.3. The van der Waals surface area contributed by atoms with Crippen LogP contribution in [0.2, 0.25) is 0 Å². The van der Waals surface area contributed by atoms with Crippen LogP contribution in [0.25, 0.3) is 0 Å². The van der Waals surface area contributed by atoms with Gasteiger partial charge in [-0.3, -0.25) is 0 Å². The molecule has 0 aliphatic carbocycles. The lowest BCUT2D eigenvalue weighted by molar-refractivity contribution is 5.25. The second kappa shape index (κ2) is 3.35. The molecule has 0 spiro atoms. The molecular formula is HBrI2Si. The fraction of sp³-hybridized carbons (Fsp3) is 0. The summed E-state index contributed by atoms with van der Waals surface area (Å²) < 4.78 is -0.386. The molecule has 0 N–H and O–H groups in total. The van der Waals surface area contributed by atoms with E-state index in [9.17, 15) is 0 Å². The SMILES string of the molecule is Br[SiH](I)I. The van der Waals surface area contributed by atoms with E-state index in [1.165, 1.54) is 0 Å². The normalized spacial score (nSPS) is 9.00. The van der Waals surface area contributed by atoms with Crippen LogP contribution in [0.3, 0.4) is 0 Å². The molecule has 0 aromatic rings.